The molecule has 0 heterocycles. The second kappa shape index (κ2) is 28.4. The summed E-state index contributed by atoms with van der Waals surface area (Å²) in [6.07, 6.45) is 19.8. The summed E-state index contributed by atoms with van der Waals surface area (Å²) in [7, 11) is -4.89. The van der Waals surface area contributed by atoms with Gasteiger partial charge >= 0.3 is 57.4 Å². The minimum Gasteiger partial charge on any atom is -0.756 e. The first-order chi connectivity index (χ1) is 14.7. The van der Waals surface area contributed by atoms with E-state index >= 15 is 0 Å². The van der Waals surface area contributed by atoms with Gasteiger partial charge in [-0.2, -0.15) is 0 Å². The first-order valence-electron chi connectivity index (χ1n) is 11.9. The maximum absolute atomic E-state index is 10.6. The average Bonchev–Trinajstić information content (AvgIpc) is 2.67. The number of carbonyl (C=O) groups is 1. The van der Waals surface area contributed by atoms with Crippen LogP contribution in [0.5, 0.6) is 0 Å². The van der Waals surface area contributed by atoms with E-state index < -0.39 is 13.8 Å². The average molecular weight is 509 g/mol. The molecule has 188 valence electrons. The zero-order chi connectivity index (χ0) is 23.8. The molecular weight excluding hydrogens is 462 g/mol. The van der Waals surface area contributed by atoms with Crippen LogP contribution in [-0.4, -0.2) is 40.4 Å². The van der Waals surface area contributed by atoms with Crippen molar-refractivity contribution in [2.24, 2.45) is 0 Å². The molecule has 32 heavy (non-hydrogen) atoms. The predicted molar refractivity (Wildman–Crippen MR) is 121 cm³/mol. The van der Waals surface area contributed by atoms with Gasteiger partial charge in [0.2, 0.25) is 0 Å². The number of ether oxygens (including phenoxy) is 2. The first kappa shape index (κ1) is 37.7. The van der Waals surface area contributed by atoms with E-state index in [-0.39, 0.29) is 64.3 Å². The number of carboxylic acids is 1. The van der Waals surface area contributed by atoms with Crippen LogP contribution in [0.1, 0.15) is 117 Å². The summed E-state index contributed by atoms with van der Waals surface area (Å²) in [5, 5.41) is 8.74. The Morgan fingerprint density at radius 3 is 1.53 bits per heavy atom. The van der Waals surface area contributed by atoms with Crippen LogP contribution < -0.4 is 56.3 Å². The van der Waals surface area contributed by atoms with Crippen molar-refractivity contribution in [1.29, 1.82) is 0 Å². The number of carboxylic acid groups (broad SMARTS) is 1. The Balaban J connectivity index is -0.00000125. The molecule has 0 aliphatic heterocycles. The molecule has 8 nitrogen and oxygen atoms in total. The Hall–Kier alpha value is 1.14. The molecule has 0 aromatic rings. The van der Waals surface area contributed by atoms with Crippen LogP contribution >= 0.6 is 7.82 Å². The summed E-state index contributed by atoms with van der Waals surface area (Å²) in [4.78, 5) is 33.6. The molecule has 1 unspecified atom stereocenters. The molecule has 0 saturated carbocycles. The van der Waals surface area contributed by atoms with Gasteiger partial charge in [0.25, 0.3) is 7.82 Å². The van der Waals surface area contributed by atoms with Gasteiger partial charge in [-0.05, 0) is 19.3 Å². The summed E-state index contributed by atoms with van der Waals surface area (Å²) >= 11 is 0. The van der Waals surface area contributed by atoms with Gasteiger partial charge in [-0.1, -0.05) is 97.3 Å². The van der Waals surface area contributed by atoms with Crippen molar-refractivity contribution < 1.29 is 90.0 Å². The van der Waals surface area contributed by atoms with Crippen molar-refractivity contribution in [2.45, 2.75) is 123 Å². The molecule has 0 saturated heterocycles. The Morgan fingerprint density at radius 2 is 1.16 bits per heavy atom. The topological polar surface area (TPSA) is 136 Å². The Morgan fingerprint density at radius 1 is 0.781 bits per heavy atom. The van der Waals surface area contributed by atoms with Crippen LogP contribution in [-0.2, 0) is 18.8 Å². The van der Waals surface area contributed by atoms with Crippen molar-refractivity contribution in [3.05, 3.63) is 0 Å². The molecule has 0 bridgehead atoms. The van der Waals surface area contributed by atoms with Gasteiger partial charge in [0.1, 0.15) is 6.61 Å². The fourth-order valence-electron chi connectivity index (χ4n) is 3.07. The van der Waals surface area contributed by atoms with E-state index in [1.807, 2.05) is 0 Å². The molecule has 0 rings (SSSR count). The number of phosphoric acid groups is 1. The molecule has 0 aliphatic rings. The van der Waals surface area contributed by atoms with Crippen LogP contribution in [0.15, 0.2) is 0 Å². The number of hydrogen-bond acceptors (Lipinski definition) is 5. The summed E-state index contributed by atoms with van der Waals surface area (Å²) in [6.45, 7) is 4.76. The normalized spacial score (nSPS) is 11.9. The van der Waals surface area contributed by atoms with E-state index in [1.165, 1.54) is 77.0 Å². The summed E-state index contributed by atoms with van der Waals surface area (Å²) in [5.41, 5.74) is 0. The monoisotopic (exact) mass is 508 g/mol. The molecule has 10 heteroatoms. The van der Waals surface area contributed by atoms with Crippen molar-refractivity contribution in [1.82, 2.24) is 0 Å². The minimum atomic E-state index is -4.89. The summed E-state index contributed by atoms with van der Waals surface area (Å²) in [5.74, 6) is -0.931. The van der Waals surface area contributed by atoms with Crippen LogP contribution in [0.2, 0.25) is 0 Å². The predicted octanol–water partition coefficient (Wildman–Crippen LogP) is 2.16. The van der Waals surface area contributed by atoms with Crippen LogP contribution in [0, 0.1) is 0 Å². The second-order valence-electron chi connectivity index (χ2n) is 7.88. The van der Waals surface area contributed by atoms with E-state index in [0.717, 1.165) is 25.7 Å². The van der Waals surface area contributed by atoms with Crippen LogP contribution in [0.25, 0.3) is 0 Å². The molecule has 0 fully saturated rings. The third kappa shape index (κ3) is 41.4. The fourth-order valence-corrected chi connectivity index (χ4v) is 3.07. The molecule has 0 amide bonds. The first-order valence-corrected chi connectivity index (χ1v) is 13.4. The molecular formula is C22H46KO8P. The van der Waals surface area contributed by atoms with Crippen LogP contribution in [0.3, 0.4) is 0 Å². The van der Waals surface area contributed by atoms with Crippen molar-refractivity contribution in [3.63, 3.8) is 0 Å². The van der Waals surface area contributed by atoms with Gasteiger partial charge in [-0.25, -0.2) is 4.79 Å². The molecule has 1 atom stereocenters. The Kier molecular flexibility index (Phi) is 33.4. The van der Waals surface area contributed by atoms with Crippen LogP contribution in [0.4, 0.5) is 0 Å². The third-order valence-electron chi connectivity index (χ3n) is 4.74. The maximum atomic E-state index is 10.6. The van der Waals surface area contributed by atoms with Crippen molar-refractivity contribution in [2.75, 3.05) is 13.2 Å². The minimum absolute atomic E-state index is 0. The fraction of sp³-hybridized carbons (Fsp3) is 0.955. The zero-order valence-electron chi connectivity index (χ0n) is 20.6. The van der Waals surface area contributed by atoms with Gasteiger partial charge in [0, 0.05) is 6.61 Å². The maximum Gasteiger partial charge on any atom is 1.00 e. The smallest absolute Gasteiger partial charge is 0.756 e. The second-order valence-corrected chi connectivity index (χ2v) is 8.86. The zero-order valence-corrected chi connectivity index (χ0v) is 24.7. The molecule has 0 radical (unpaired) electrons. The van der Waals surface area contributed by atoms with Gasteiger partial charge in [0.05, 0.1) is 0 Å². The molecule has 0 spiro atoms. The van der Waals surface area contributed by atoms with E-state index in [9.17, 15) is 4.79 Å². The standard InChI is InChI=1S/C22H44O4.K.H3O4P/c1-3-5-7-8-9-10-11-12-13-14-15-16-17-18-22(25-19-6-4-2)26-20-21(23)24;;1-5(2,3)4/h22H,3-20H2,1-2H3,(H,23,24);;(H3,1,2,3,4)/q;+1;/p-1. The van der Waals surface area contributed by atoms with E-state index in [4.69, 9.17) is 33.8 Å². The quantitative estimate of drug-likeness (QED) is 0.0929. The molecule has 0 aromatic carbocycles. The summed E-state index contributed by atoms with van der Waals surface area (Å²) in [6, 6.07) is 0. The largest absolute Gasteiger partial charge is 1.00 e. The SMILES string of the molecule is CCCCCCCCCCCCCCCC(OCCCC)OCC(=O)O.O=P([O-])(O)O.[K+]. The number of unbranched alkanes of at least 4 members (excludes halogenated alkanes) is 13. The Labute approximate surface area is 237 Å². The van der Waals surface area contributed by atoms with E-state index in [0.29, 0.717) is 6.61 Å². The van der Waals surface area contributed by atoms with Gasteiger partial charge in [-0.3, -0.25) is 4.57 Å². The van der Waals surface area contributed by atoms with Gasteiger partial charge in [0.15, 0.2) is 6.29 Å². The molecule has 3 N–H and O–H groups in total. The Bertz CT molecular complexity index is 426. The van der Waals surface area contributed by atoms with Gasteiger partial charge < -0.3 is 29.3 Å². The van der Waals surface area contributed by atoms with Gasteiger partial charge in [-0.15, -0.1) is 0 Å². The number of aliphatic carboxylic acids is 1. The van der Waals surface area contributed by atoms with Crippen molar-refractivity contribution in [3.8, 4) is 0 Å². The number of hydrogen-bond donors (Lipinski definition) is 3. The molecule has 0 aliphatic carbocycles. The van der Waals surface area contributed by atoms with E-state index in [2.05, 4.69) is 13.8 Å². The number of rotatable bonds is 21. The van der Waals surface area contributed by atoms with Crippen molar-refractivity contribution >= 4 is 13.8 Å². The summed E-state index contributed by atoms with van der Waals surface area (Å²) < 4.78 is 19.8. The third-order valence-corrected chi connectivity index (χ3v) is 4.74. The molecule has 0 aromatic heterocycles. The van der Waals surface area contributed by atoms with E-state index in [1.54, 1.807) is 0 Å².